The van der Waals surface area contributed by atoms with E-state index in [1.165, 1.54) is 11.8 Å². The number of rotatable bonds is 6. The van der Waals surface area contributed by atoms with Crippen LogP contribution in [-0.4, -0.2) is 34.9 Å². The number of amides is 1. The molecule has 1 aromatic carbocycles. The van der Waals surface area contributed by atoms with Gasteiger partial charge in [-0.3, -0.25) is 9.59 Å². The monoisotopic (exact) mass is 425 g/mol. The summed E-state index contributed by atoms with van der Waals surface area (Å²) in [4.78, 5) is 29.4. The molecule has 3 aromatic rings. The molecule has 0 aliphatic carbocycles. The zero-order valence-electron chi connectivity index (χ0n) is 17.7. The van der Waals surface area contributed by atoms with E-state index in [-0.39, 0.29) is 24.1 Å². The molecular weight excluding hydrogens is 398 g/mol. The summed E-state index contributed by atoms with van der Waals surface area (Å²) in [6.45, 7) is 7.73. The lowest BCUT2D eigenvalue weighted by atomic mass is 9.99. The van der Waals surface area contributed by atoms with Crippen LogP contribution in [0.1, 0.15) is 40.3 Å². The Morgan fingerprint density at radius 3 is 2.73 bits per heavy atom. The zero-order chi connectivity index (χ0) is 21.4. The standard InChI is InChI=1S/C23H27N3O3S/c1-13-9-20(30-4)18(22(27)25-13)10-24-23(28)21-15(3)26(14(2)16-11-29-12-16)19-8-6-5-7-17(19)21/h5-9,14,16H,10-12H2,1-4H3,(H,24,28)(H,25,27). The van der Waals surface area contributed by atoms with Gasteiger partial charge in [-0.1, -0.05) is 18.2 Å². The SMILES string of the molecule is CSc1cc(C)[nH]c(=O)c1CNC(=O)c1c(C)n(C(C)C2COC2)c2ccccc12. The first kappa shape index (κ1) is 20.8. The summed E-state index contributed by atoms with van der Waals surface area (Å²) >= 11 is 1.51. The van der Waals surface area contributed by atoms with Gasteiger partial charge in [0.1, 0.15) is 0 Å². The summed E-state index contributed by atoms with van der Waals surface area (Å²) in [7, 11) is 0. The molecule has 0 radical (unpaired) electrons. The lowest BCUT2D eigenvalue weighted by Crippen LogP contribution is -2.35. The number of nitrogens with one attached hydrogen (secondary N) is 2. The Labute approximate surface area is 180 Å². The summed E-state index contributed by atoms with van der Waals surface area (Å²) in [5, 5.41) is 3.92. The van der Waals surface area contributed by atoms with Crippen LogP contribution in [0.15, 0.2) is 40.0 Å². The number of thioether (sulfide) groups is 1. The highest BCUT2D eigenvalue weighted by molar-refractivity contribution is 7.98. The third-order valence-corrected chi connectivity index (χ3v) is 6.82. The summed E-state index contributed by atoms with van der Waals surface area (Å²) < 4.78 is 7.64. The van der Waals surface area contributed by atoms with Gasteiger partial charge in [0.25, 0.3) is 11.5 Å². The van der Waals surface area contributed by atoms with Crippen molar-refractivity contribution < 1.29 is 9.53 Å². The van der Waals surface area contributed by atoms with Gasteiger partial charge in [0, 0.05) is 51.3 Å². The van der Waals surface area contributed by atoms with E-state index in [1.807, 2.05) is 44.4 Å². The van der Waals surface area contributed by atoms with Crippen LogP contribution in [0, 0.1) is 19.8 Å². The number of hydrogen-bond donors (Lipinski definition) is 2. The molecule has 1 amide bonds. The van der Waals surface area contributed by atoms with Crippen LogP contribution in [0.2, 0.25) is 0 Å². The zero-order valence-corrected chi connectivity index (χ0v) is 18.6. The van der Waals surface area contributed by atoms with Crippen LogP contribution in [-0.2, 0) is 11.3 Å². The third-order valence-electron chi connectivity index (χ3n) is 6.01. The number of hydrogen-bond acceptors (Lipinski definition) is 4. The maximum absolute atomic E-state index is 13.3. The molecule has 6 nitrogen and oxygen atoms in total. The van der Waals surface area contributed by atoms with Crippen LogP contribution >= 0.6 is 11.8 Å². The predicted octanol–water partition coefficient (Wildman–Crippen LogP) is 3.81. The van der Waals surface area contributed by atoms with E-state index in [2.05, 4.69) is 27.9 Å². The number of para-hydroxylation sites is 1. The van der Waals surface area contributed by atoms with Crippen molar-refractivity contribution in [2.24, 2.45) is 5.92 Å². The molecular formula is C23H27N3O3S. The maximum atomic E-state index is 13.3. The van der Waals surface area contributed by atoms with E-state index >= 15 is 0 Å². The largest absolute Gasteiger partial charge is 0.381 e. The Morgan fingerprint density at radius 2 is 2.07 bits per heavy atom. The number of aromatic amines is 1. The Balaban J connectivity index is 1.68. The number of nitrogens with zero attached hydrogens (tertiary/aromatic N) is 1. The van der Waals surface area contributed by atoms with Crippen LogP contribution in [0.5, 0.6) is 0 Å². The number of aryl methyl sites for hydroxylation is 1. The molecule has 1 aliphatic rings. The normalized spacial score (nSPS) is 15.2. The lowest BCUT2D eigenvalue weighted by molar-refractivity contribution is -0.0531. The fourth-order valence-corrected chi connectivity index (χ4v) is 4.94. The Morgan fingerprint density at radius 1 is 1.33 bits per heavy atom. The molecule has 0 spiro atoms. The fourth-order valence-electron chi connectivity index (χ4n) is 4.24. The topological polar surface area (TPSA) is 76.1 Å². The van der Waals surface area contributed by atoms with E-state index in [1.54, 1.807) is 0 Å². The van der Waals surface area contributed by atoms with E-state index in [0.717, 1.165) is 40.4 Å². The number of carbonyl (C=O) groups excluding carboxylic acids is 1. The molecule has 2 N–H and O–H groups in total. The molecule has 0 bridgehead atoms. The molecule has 158 valence electrons. The van der Waals surface area contributed by atoms with Gasteiger partial charge in [-0.25, -0.2) is 0 Å². The van der Waals surface area contributed by atoms with E-state index < -0.39 is 0 Å². The minimum atomic E-state index is -0.161. The van der Waals surface area contributed by atoms with E-state index in [0.29, 0.717) is 17.0 Å². The molecule has 30 heavy (non-hydrogen) atoms. The number of aromatic nitrogens is 2. The van der Waals surface area contributed by atoms with Gasteiger partial charge in [0.2, 0.25) is 0 Å². The summed E-state index contributed by atoms with van der Waals surface area (Å²) in [5.74, 6) is 0.289. The summed E-state index contributed by atoms with van der Waals surface area (Å²) in [5.41, 5.74) is 3.91. The average molecular weight is 426 g/mol. The quantitative estimate of drug-likeness (QED) is 0.589. The molecule has 1 unspecified atom stereocenters. The van der Waals surface area contributed by atoms with Crippen LogP contribution in [0.25, 0.3) is 10.9 Å². The fraction of sp³-hybridized carbons (Fsp3) is 0.391. The first-order chi connectivity index (χ1) is 14.4. The van der Waals surface area contributed by atoms with Gasteiger partial charge in [-0.05, 0) is 39.2 Å². The van der Waals surface area contributed by atoms with Gasteiger partial charge >= 0.3 is 0 Å². The van der Waals surface area contributed by atoms with Crippen molar-refractivity contribution in [3.8, 4) is 0 Å². The number of carbonyl (C=O) groups is 1. The number of pyridine rings is 1. The predicted molar refractivity (Wildman–Crippen MR) is 120 cm³/mol. The molecule has 3 heterocycles. The Bertz CT molecular complexity index is 1160. The Hall–Kier alpha value is -2.51. The van der Waals surface area contributed by atoms with Crippen molar-refractivity contribution in [3.63, 3.8) is 0 Å². The first-order valence-electron chi connectivity index (χ1n) is 10.1. The lowest BCUT2D eigenvalue weighted by Gasteiger charge is -2.33. The van der Waals surface area contributed by atoms with Gasteiger partial charge in [-0.2, -0.15) is 0 Å². The van der Waals surface area contributed by atoms with Crippen molar-refractivity contribution in [1.82, 2.24) is 14.9 Å². The Kier molecular flexibility index (Phi) is 5.75. The molecule has 0 saturated carbocycles. The second-order valence-electron chi connectivity index (χ2n) is 7.90. The van der Waals surface area contributed by atoms with Crippen molar-refractivity contribution in [2.75, 3.05) is 19.5 Å². The minimum absolute atomic E-state index is 0.155. The molecule has 1 atom stereocenters. The van der Waals surface area contributed by atoms with Crippen LogP contribution in [0.4, 0.5) is 0 Å². The second kappa shape index (κ2) is 8.32. The van der Waals surface area contributed by atoms with E-state index in [4.69, 9.17) is 4.74 Å². The highest BCUT2D eigenvalue weighted by atomic mass is 32.2. The van der Waals surface area contributed by atoms with Crippen molar-refractivity contribution >= 4 is 28.6 Å². The molecule has 2 aromatic heterocycles. The van der Waals surface area contributed by atoms with Gasteiger partial charge < -0.3 is 19.6 Å². The second-order valence-corrected chi connectivity index (χ2v) is 8.74. The number of benzene rings is 1. The van der Waals surface area contributed by atoms with Gasteiger partial charge in [0.15, 0.2) is 0 Å². The van der Waals surface area contributed by atoms with Gasteiger partial charge in [-0.15, -0.1) is 11.8 Å². The van der Waals surface area contributed by atoms with Crippen molar-refractivity contribution in [3.05, 3.63) is 63.2 Å². The van der Waals surface area contributed by atoms with Gasteiger partial charge in [0.05, 0.1) is 18.8 Å². The molecule has 1 saturated heterocycles. The minimum Gasteiger partial charge on any atom is -0.381 e. The van der Waals surface area contributed by atoms with Crippen LogP contribution < -0.4 is 10.9 Å². The smallest absolute Gasteiger partial charge is 0.254 e. The first-order valence-corrected chi connectivity index (χ1v) is 11.4. The average Bonchev–Trinajstić information content (AvgIpc) is 2.96. The number of fused-ring (bicyclic) bond motifs is 1. The summed E-state index contributed by atoms with van der Waals surface area (Å²) in [6, 6.07) is 10.2. The van der Waals surface area contributed by atoms with Crippen molar-refractivity contribution in [2.45, 2.75) is 38.3 Å². The maximum Gasteiger partial charge on any atom is 0.254 e. The molecule has 1 aliphatic heterocycles. The highest BCUT2D eigenvalue weighted by Gasteiger charge is 2.30. The molecule has 7 heteroatoms. The molecule has 4 rings (SSSR count). The third kappa shape index (κ3) is 3.56. The van der Waals surface area contributed by atoms with Crippen molar-refractivity contribution in [1.29, 1.82) is 0 Å². The number of H-pyrrole nitrogens is 1. The highest BCUT2D eigenvalue weighted by Crippen LogP contribution is 2.34. The molecule has 1 fully saturated rings. The number of ether oxygens (including phenoxy) is 1. The van der Waals surface area contributed by atoms with E-state index in [9.17, 15) is 9.59 Å². The van der Waals surface area contributed by atoms with Crippen LogP contribution in [0.3, 0.4) is 0 Å². The summed E-state index contributed by atoms with van der Waals surface area (Å²) in [6.07, 6.45) is 1.93.